The van der Waals surface area contributed by atoms with E-state index < -0.39 is 10.0 Å². The number of rotatable bonds is 5. The lowest BCUT2D eigenvalue weighted by atomic mass is 10.2. The lowest BCUT2D eigenvalue weighted by molar-refractivity contribution is 0.600. The Hall–Kier alpha value is -2.86. The van der Waals surface area contributed by atoms with Gasteiger partial charge in [0.15, 0.2) is 0 Å². The molecule has 0 aliphatic rings. The summed E-state index contributed by atoms with van der Waals surface area (Å²) in [6, 6.07) is 18.7. The minimum Gasteiger partial charge on any atom is -0.343 e. The van der Waals surface area contributed by atoms with Crippen LogP contribution in [0, 0.1) is 13.8 Å². The third-order valence-electron chi connectivity index (χ3n) is 4.15. The van der Waals surface area contributed by atoms with Crippen molar-refractivity contribution in [3.05, 3.63) is 78.0 Å². The summed E-state index contributed by atoms with van der Waals surface area (Å²) < 4.78 is 27.9. The predicted octanol–water partition coefficient (Wildman–Crippen LogP) is 4.27. The average Bonchev–Trinajstić information content (AvgIpc) is 2.64. The number of nitrogens with zero attached hydrogens (tertiary/aromatic N) is 2. The zero-order valence-corrected chi connectivity index (χ0v) is 15.8. The number of nitrogens with one attached hydrogen (secondary N) is 1. The monoisotopic (exact) mass is 367 g/mol. The predicted molar refractivity (Wildman–Crippen MR) is 105 cm³/mol. The Morgan fingerprint density at radius 3 is 2.31 bits per heavy atom. The molecular weight excluding hydrogens is 346 g/mol. The molecule has 1 N–H and O–H groups in total. The van der Waals surface area contributed by atoms with Gasteiger partial charge in [-0.15, -0.1) is 0 Å². The van der Waals surface area contributed by atoms with Gasteiger partial charge in [-0.1, -0.05) is 30.3 Å². The van der Waals surface area contributed by atoms with E-state index in [1.54, 1.807) is 31.3 Å². The Balaban J connectivity index is 1.82. The molecule has 5 nitrogen and oxygen atoms in total. The van der Waals surface area contributed by atoms with E-state index in [9.17, 15) is 8.42 Å². The van der Waals surface area contributed by atoms with Crippen LogP contribution >= 0.6 is 0 Å². The van der Waals surface area contributed by atoms with Gasteiger partial charge in [-0.05, 0) is 55.3 Å². The largest absolute Gasteiger partial charge is 0.343 e. The second-order valence-electron chi connectivity index (χ2n) is 6.17. The molecule has 0 aliphatic heterocycles. The van der Waals surface area contributed by atoms with Crippen LogP contribution in [-0.4, -0.2) is 20.4 Å². The summed E-state index contributed by atoms with van der Waals surface area (Å²) in [5.41, 5.74) is 3.48. The summed E-state index contributed by atoms with van der Waals surface area (Å²) in [5.74, 6) is 0.288. The van der Waals surface area contributed by atoms with Crippen molar-refractivity contribution in [2.24, 2.45) is 0 Å². The summed E-state index contributed by atoms with van der Waals surface area (Å²) in [5, 5.41) is 0. The second kappa shape index (κ2) is 7.17. The van der Waals surface area contributed by atoms with Crippen LogP contribution in [0.3, 0.4) is 0 Å². The van der Waals surface area contributed by atoms with Gasteiger partial charge < -0.3 is 4.90 Å². The molecule has 26 heavy (non-hydrogen) atoms. The fourth-order valence-electron chi connectivity index (χ4n) is 2.63. The first-order valence-corrected chi connectivity index (χ1v) is 9.70. The molecule has 3 rings (SSSR count). The van der Waals surface area contributed by atoms with Crippen LogP contribution in [0.15, 0.2) is 71.8 Å². The van der Waals surface area contributed by atoms with E-state index in [0.717, 1.165) is 16.9 Å². The van der Waals surface area contributed by atoms with Gasteiger partial charge in [0.05, 0.1) is 16.8 Å². The third-order valence-corrected chi connectivity index (χ3v) is 5.65. The molecule has 0 unspecified atom stereocenters. The number of hydrogen-bond donors (Lipinski definition) is 1. The highest BCUT2D eigenvalue weighted by Crippen LogP contribution is 2.24. The van der Waals surface area contributed by atoms with Crippen molar-refractivity contribution in [3.8, 4) is 0 Å². The molecule has 0 amide bonds. The minimum atomic E-state index is -3.68. The average molecular weight is 367 g/mol. The Morgan fingerprint density at radius 2 is 1.65 bits per heavy atom. The van der Waals surface area contributed by atoms with Crippen LogP contribution in [0.1, 0.15) is 11.1 Å². The van der Waals surface area contributed by atoms with Gasteiger partial charge in [0, 0.05) is 12.7 Å². The van der Waals surface area contributed by atoms with Crippen molar-refractivity contribution in [3.63, 3.8) is 0 Å². The lowest BCUT2D eigenvalue weighted by Gasteiger charge is -2.19. The highest BCUT2D eigenvalue weighted by molar-refractivity contribution is 7.92. The van der Waals surface area contributed by atoms with Crippen molar-refractivity contribution in [1.29, 1.82) is 0 Å². The molecule has 2 aromatic carbocycles. The number of anilines is 3. The molecule has 134 valence electrons. The Morgan fingerprint density at radius 1 is 0.923 bits per heavy atom. The van der Waals surface area contributed by atoms with Crippen LogP contribution in [0.2, 0.25) is 0 Å². The Kier molecular flexibility index (Phi) is 4.95. The first-order chi connectivity index (χ1) is 12.4. The van der Waals surface area contributed by atoms with E-state index >= 15 is 0 Å². The maximum atomic E-state index is 12.7. The highest BCUT2D eigenvalue weighted by Gasteiger charge is 2.17. The lowest BCUT2D eigenvalue weighted by Crippen LogP contribution is -2.16. The maximum Gasteiger partial charge on any atom is 0.263 e. The van der Waals surface area contributed by atoms with Crippen LogP contribution in [0.5, 0.6) is 0 Å². The normalized spacial score (nSPS) is 11.2. The summed E-state index contributed by atoms with van der Waals surface area (Å²) in [6.07, 6.45) is 1.65. The van der Waals surface area contributed by atoms with E-state index in [-0.39, 0.29) is 10.7 Å². The van der Waals surface area contributed by atoms with Crippen LogP contribution < -0.4 is 9.62 Å². The number of sulfonamides is 1. The molecule has 3 aromatic rings. The zero-order valence-electron chi connectivity index (χ0n) is 15.0. The molecule has 0 saturated heterocycles. The van der Waals surface area contributed by atoms with Crippen LogP contribution in [0.25, 0.3) is 0 Å². The molecular formula is C20H21N3O2S. The van der Waals surface area contributed by atoms with E-state index in [1.165, 1.54) is 0 Å². The minimum absolute atomic E-state index is 0.268. The molecule has 6 heteroatoms. The molecule has 1 heterocycles. The van der Waals surface area contributed by atoms with Gasteiger partial charge in [-0.3, -0.25) is 4.72 Å². The Labute approximate surface area is 154 Å². The number of hydrogen-bond acceptors (Lipinski definition) is 4. The fraction of sp³-hybridized carbons (Fsp3) is 0.150. The van der Waals surface area contributed by atoms with E-state index in [1.807, 2.05) is 61.3 Å². The standard InChI is InChI=1S/C20H21N3O2S/c1-15-9-10-16(2)19(13-15)26(24,25)22-20-12-11-18(14-21-20)23(3)17-7-5-4-6-8-17/h4-14H,1-3H3,(H,21,22). The van der Waals surface area contributed by atoms with E-state index in [0.29, 0.717) is 5.56 Å². The number of benzene rings is 2. The van der Waals surface area contributed by atoms with Crippen molar-refractivity contribution >= 4 is 27.2 Å². The third kappa shape index (κ3) is 3.86. The number of aromatic nitrogens is 1. The second-order valence-corrected chi connectivity index (χ2v) is 7.82. The van der Waals surface area contributed by atoms with E-state index in [4.69, 9.17) is 0 Å². The van der Waals surface area contributed by atoms with Crippen LogP contribution in [0.4, 0.5) is 17.2 Å². The van der Waals surface area contributed by atoms with Gasteiger partial charge in [0.2, 0.25) is 0 Å². The summed E-state index contributed by atoms with van der Waals surface area (Å²) in [6.45, 7) is 3.64. The summed E-state index contributed by atoms with van der Waals surface area (Å²) in [7, 11) is -1.74. The van der Waals surface area contributed by atoms with Crippen molar-refractivity contribution in [2.45, 2.75) is 18.7 Å². The number of aryl methyl sites for hydroxylation is 2. The topological polar surface area (TPSA) is 62.3 Å². The van der Waals surface area contributed by atoms with E-state index in [2.05, 4.69) is 9.71 Å². The first kappa shape index (κ1) is 17.9. The molecule has 0 fully saturated rings. The van der Waals surface area contributed by atoms with Gasteiger partial charge in [-0.2, -0.15) is 0 Å². The first-order valence-electron chi connectivity index (χ1n) is 8.22. The molecule has 0 saturated carbocycles. The molecule has 0 atom stereocenters. The smallest absolute Gasteiger partial charge is 0.263 e. The van der Waals surface area contributed by atoms with Crippen molar-refractivity contribution < 1.29 is 8.42 Å². The van der Waals surface area contributed by atoms with Gasteiger partial charge in [0.1, 0.15) is 5.82 Å². The number of para-hydroxylation sites is 1. The van der Waals surface area contributed by atoms with Gasteiger partial charge in [-0.25, -0.2) is 13.4 Å². The molecule has 0 bridgehead atoms. The molecule has 0 radical (unpaired) electrons. The number of pyridine rings is 1. The van der Waals surface area contributed by atoms with Crippen LogP contribution in [-0.2, 0) is 10.0 Å². The molecule has 0 spiro atoms. The highest BCUT2D eigenvalue weighted by atomic mass is 32.2. The Bertz CT molecular complexity index is 1000. The van der Waals surface area contributed by atoms with Gasteiger partial charge in [0.25, 0.3) is 10.0 Å². The maximum absolute atomic E-state index is 12.7. The summed E-state index contributed by atoms with van der Waals surface area (Å²) >= 11 is 0. The van der Waals surface area contributed by atoms with Crippen molar-refractivity contribution in [1.82, 2.24) is 4.98 Å². The molecule has 1 aromatic heterocycles. The molecule has 0 aliphatic carbocycles. The zero-order chi connectivity index (χ0) is 18.7. The summed E-state index contributed by atoms with van der Waals surface area (Å²) in [4.78, 5) is 6.51. The SMILES string of the molecule is Cc1ccc(C)c(S(=O)(=O)Nc2ccc(N(C)c3ccccc3)cn2)c1. The fourth-order valence-corrected chi connectivity index (χ4v) is 3.97. The van der Waals surface area contributed by atoms with Gasteiger partial charge >= 0.3 is 0 Å². The van der Waals surface area contributed by atoms with Crippen molar-refractivity contribution in [2.75, 3.05) is 16.7 Å². The quantitative estimate of drug-likeness (QED) is 0.732.